The van der Waals surface area contributed by atoms with Crippen LogP contribution in [0.4, 0.5) is 0 Å². The van der Waals surface area contributed by atoms with Gasteiger partial charge in [-0.15, -0.1) is 0 Å². The smallest absolute Gasteiger partial charge is 0.266 e. The summed E-state index contributed by atoms with van der Waals surface area (Å²) in [6.45, 7) is 2.49. The Morgan fingerprint density at radius 2 is 1.96 bits per heavy atom. The molecule has 2 aromatic carbocycles. The fourth-order valence-corrected chi connectivity index (χ4v) is 4.21. The Morgan fingerprint density at radius 3 is 2.57 bits per heavy atom. The van der Waals surface area contributed by atoms with Gasteiger partial charge in [-0.3, -0.25) is 14.7 Å². The van der Waals surface area contributed by atoms with E-state index in [-0.39, 0.29) is 5.91 Å². The molecule has 7 heteroatoms. The fourth-order valence-electron chi connectivity index (χ4n) is 2.70. The van der Waals surface area contributed by atoms with Crippen LogP contribution in [0.3, 0.4) is 0 Å². The number of hydrogen-bond acceptors (Lipinski definition) is 5. The van der Waals surface area contributed by atoms with Crippen molar-refractivity contribution in [2.24, 2.45) is 4.99 Å². The van der Waals surface area contributed by atoms with Gasteiger partial charge in [0.2, 0.25) is 0 Å². The van der Waals surface area contributed by atoms with Gasteiger partial charge in [-0.2, -0.15) is 0 Å². The highest BCUT2D eigenvalue weighted by Gasteiger charge is 2.29. The quantitative estimate of drug-likeness (QED) is 0.596. The number of aryl methyl sites for hydroxylation is 1. The Morgan fingerprint density at radius 1 is 1.25 bits per heavy atom. The summed E-state index contributed by atoms with van der Waals surface area (Å²) in [7, 11) is 4.99. The molecule has 0 atom stereocenters. The molecule has 0 bridgehead atoms. The highest BCUT2D eigenvalue weighted by molar-refractivity contribution is 9.10. The number of aliphatic imine (C=N–C) groups is 1. The molecule has 28 heavy (non-hydrogen) atoms. The summed E-state index contributed by atoms with van der Waals surface area (Å²) in [6.07, 6.45) is 1.83. The summed E-state index contributed by atoms with van der Waals surface area (Å²) in [5, 5.41) is 0.681. The molecule has 1 aliphatic rings. The number of carbonyl (C=O) groups is 1. The minimum absolute atomic E-state index is 0.0691. The SMILES string of the molecule is CN=C1S/C(=C\c2cc(Br)c(OCc3ccc(C)cc3)c(OC)c2)C(=O)N1C. The van der Waals surface area contributed by atoms with Gasteiger partial charge in [0.15, 0.2) is 16.7 Å². The lowest BCUT2D eigenvalue weighted by Gasteiger charge is -2.14. The fraction of sp³-hybridized carbons (Fsp3) is 0.238. The van der Waals surface area contributed by atoms with Crippen molar-refractivity contribution in [3.8, 4) is 11.5 Å². The van der Waals surface area contributed by atoms with Crippen molar-refractivity contribution >= 4 is 44.8 Å². The highest BCUT2D eigenvalue weighted by atomic mass is 79.9. The Hall–Kier alpha value is -2.25. The van der Waals surface area contributed by atoms with Gasteiger partial charge in [-0.1, -0.05) is 29.8 Å². The lowest BCUT2D eigenvalue weighted by Crippen LogP contribution is -2.23. The standard InChI is InChI=1S/C21H21BrN2O3S/c1-13-5-7-14(8-6-13)12-27-19-16(22)9-15(10-17(19)26-4)11-18-20(25)24(3)21(23-2)28-18/h5-11H,12H2,1-4H3/b18-11-,23-21?. The molecule has 0 N–H and O–H groups in total. The molecule has 0 saturated carbocycles. The van der Waals surface area contributed by atoms with E-state index in [9.17, 15) is 4.79 Å². The van der Waals surface area contributed by atoms with Crippen molar-refractivity contribution in [2.75, 3.05) is 21.2 Å². The molecule has 0 spiro atoms. The number of benzene rings is 2. The zero-order valence-corrected chi connectivity index (χ0v) is 18.6. The molecule has 3 rings (SSSR count). The molecule has 146 valence electrons. The van der Waals surface area contributed by atoms with E-state index in [1.165, 1.54) is 17.3 Å². The number of amidine groups is 1. The summed E-state index contributed by atoms with van der Waals surface area (Å²) in [6, 6.07) is 12.0. The third-order valence-electron chi connectivity index (χ3n) is 4.25. The van der Waals surface area contributed by atoms with Gasteiger partial charge in [0, 0.05) is 14.1 Å². The number of likely N-dealkylation sites (N-methyl/N-ethyl adjacent to an activating group) is 1. The largest absolute Gasteiger partial charge is 0.493 e. The van der Waals surface area contributed by atoms with Crippen molar-refractivity contribution in [1.82, 2.24) is 4.90 Å². The third-order valence-corrected chi connectivity index (χ3v) is 5.99. The van der Waals surface area contributed by atoms with Crippen LogP contribution in [0.5, 0.6) is 11.5 Å². The van der Waals surface area contributed by atoms with Crippen LogP contribution >= 0.6 is 27.7 Å². The number of rotatable bonds is 5. The van der Waals surface area contributed by atoms with E-state index in [2.05, 4.69) is 40.0 Å². The molecule has 1 heterocycles. The van der Waals surface area contributed by atoms with E-state index in [0.29, 0.717) is 28.2 Å². The second-order valence-corrected chi connectivity index (χ2v) is 8.15. The number of thioether (sulfide) groups is 1. The van der Waals surface area contributed by atoms with Gasteiger partial charge >= 0.3 is 0 Å². The summed E-state index contributed by atoms with van der Waals surface area (Å²) < 4.78 is 12.3. The Bertz CT molecular complexity index is 955. The molecule has 1 saturated heterocycles. The summed E-state index contributed by atoms with van der Waals surface area (Å²) in [5.74, 6) is 1.16. The third kappa shape index (κ3) is 4.42. The van der Waals surface area contributed by atoms with Gasteiger partial charge < -0.3 is 9.47 Å². The van der Waals surface area contributed by atoms with Gasteiger partial charge in [0.05, 0.1) is 16.5 Å². The van der Waals surface area contributed by atoms with Crippen LogP contribution in [0.2, 0.25) is 0 Å². The first kappa shape index (κ1) is 20.5. The van der Waals surface area contributed by atoms with Crippen molar-refractivity contribution in [1.29, 1.82) is 0 Å². The zero-order valence-electron chi connectivity index (χ0n) is 16.2. The predicted molar refractivity (Wildman–Crippen MR) is 118 cm³/mol. The van der Waals surface area contributed by atoms with Crippen LogP contribution in [0.1, 0.15) is 16.7 Å². The first-order valence-corrected chi connectivity index (χ1v) is 10.2. The van der Waals surface area contributed by atoms with Gasteiger partial charge in [0.1, 0.15) is 6.61 Å². The normalized spacial score (nSPS) is 16.9. The zero-order chi connectivity index (χ0) is 20.3. The number of nitrogens with zero attached hydrogens (tertiary/aromatic N) is 2. The summed E-state index contributed by atoms with van der Waals surface area (Å²) in [4.78, 5) is 18.6. The first-order chi connectivity index (χ1) is 13.4. The van der Waals surface area contributed by atoms with E-state index in [1.54, 1.807) is 26.1 Å². The minimum Gasteiger partial charge on any atom is -0.493 e. The molecular weight excluding hydrogens is 440 g/mol. The average molecular weight is 461 g/mol. The molecule has 5 nitrogen and oxygen atoms in total. The molecule has 2 aromatic rings. The van der Waals surface area contributed by atoms with Crippen molar-refractivity contribution < 1.29 is 14.3 Å². The maximum atomic E-state index is 12.4. The highest BCUT2D eigenvalue weighted by Crippen LogP contribution is 2.39. The molecular formula is C21H21BrN2O3S. The van der Waals surface area contributed by atoms with Crippen molar-refractivity contribution in [2.45, 2.75) is 13.5 Å². The van der Waals surface area contributed by atoms with Crippen LogP contribution in [0.15, 0.2) is 50.8 Å². The first-order valence-electron chi connectivity index (χ1n) is 8.63. The predicted octanol–water partition coefficient (Wildman–Crippen LogP) is 4.88. The minimum atomic E-state index is -0.0691. The Kier molecular flexibility index (Phi) is 6.46. The lowest BCUT2D eigenvalue weighted by atomic mass is 10.1. The van der Waals surface area contributed by atoms with Crippen LogP contribution in [0.25, 0.3) is 6.08 Å². The lowest BCUT2D eigenvalue weighted by molar-refractivity contribution is -0.121. The Balaban J connectivity index is 1.84. The number of ether oxygens (including phenoxy) is 2. The molecule has 1 aliphatic heterocycles. The second kappa shape index (κ2) is 8.84. The van der Waals surface area contributed by atoms with E-state index in [4.69, 9.17) is 9.47 Å². The van der Waals surface area contributed by atoms with Gasteiger partial charge in [-0.05, 0) is 64.0 Å². The van der Waals surface area contributed by atoms with E-state index in [1.807, 2.05) is 30.3 Å². The van der Waals surface area contributed by atoms with Crippen molar-refractivity contribution in [3.63, 3.8) is 0 Å². The molecule has 0 radical (unpaired) electrons. The van der Waals surface area contributed by atoms with Gasteiger partial charge in [-0.25, -0.2) is 0 Å². The molecule has 1 amide bonds. The Labute approximate surface area is 177 Å². The number of halogens is 1. The number of methoxy groups -OCH3 is 1. The maximum absolute atomic E-state index is 12.4. The summed E-state index contributed by atoms with van der Waals surface area (Å²) in [5.41, 5.74) is 3.13. The number of amides is 1. The van der Waals surface area contributed by atoms with E-state index >= 15 is 0 Å². The van der Waals surface area contributed by atoms with E-state index < -0.39 is 0 Å². The average Bonchev–Trinajstić information content (AvgIpc) is 2.96. The molecule has 1 fully saturated rings. The molecule has 0 aromatic heterocycles. The van der Waals surface area contributed by atoms with Crippen LogP contribution in [-0.2, 0) is 11.4 Å². The monoisotopic (exact) mass is 460 g/mol. The summed E-state index contributed by atoms with van der Waals surface area (Å²) >= 11 is 4.92. The molecule has 0 aliphatic carbocycles. The van der Waals surface area contributed by atoms with E-state index in [0.717, 1.165) is 15.6 Å². The van der Waals surface area contributed by atoms with Crippen LogP contribution < -0.4 is 9.47 Å². The number of carbonyl (C=O) groups excluding carboxylic acids is 1. The van der Waals surface area contributed by atoms with Gasteiger partial charge in [0.25, 0.3) is 5.91 Å². The maximum Gasteiger partial charge on any atom is 0.266 e. The van der Waals surface area contributed by atoms with Crippen molar-refractivity contribution in [3.05, 3.63) is 62.5 Å². The van der Waals surface area contributed by atoms with Crippen LogP contribution in [-0.4, -0.2) is 37.2 Å². The molecule has 0 unspecified atom stereocenters. The topological polar surface area (TPSA) is 51.1 Å². The second-order valence-electron chi connectivity index (χ2n) is 6.29. The number of hydrogen-bond donors (Lipinski definition) is 0. The van der Waals surface area contributed by atoms with Crippen LogP contribution in [0, 0.1) is 6.92 Å².